The molecule has 0 heterocycles. The lowest BCUT2D eigenvalue weighted by atomic mass is 10.1. The lowest BCUT2D eigenvalue weighted by molar-refractivity contribution is 0.244. The van der Waals surface area contributed by atoms with Crippen molar-refractivity contribution in [3.8, 4) is 0 Å². The quantitative estimate of drug-likeness (QED) is 0.715. The molecule has 0 saturated carbocycles. The Morgan fingerprint density at radius 3 is 2.50 bits per heavy atom. The molecule has 0 atom stereocenters. The SMILES string of the molecule is CC(C)(C)NC(=O)Nc1ccccc1CN. The van der Waals surface area contributed by atoms with Crippen LogP contribution in [-0.2, 0) is 6.54 Å². The Morgan fingerprint density at radius 1 is 1.31 bits per heavy atom. The number of carbonyl (C=O) groups is 1. The van der Waals surface area contributed by atoms with E-state index in [4.69, 9.17) is 5.73 Å². The third-order valence-corrected chi connectivity index (χ3v) is 1.97. The van der Waals surface area contributed by atoms with Crippen LogP contribution >= 0.6 is 0 Å². The second kappa shape index (κ2) is 4.99. The Hall–Kier alpha value is -1.55. The maximum atomic E-state index is 11.6. The number of rotatable bonds is 2. The van der Waals surface area contributed by atoms with Gasteiger partial charge in [0.2, 0.25) is 0 Å². The Kier molecular flexibility index (Phi) is 3.90. The van der Waals surface area contributed by atoms with Gasteiger partial charge in [-0.05, 0) is 32.4 Å². The molecule has 88 valence electrons. The molecule has 0 unspecified atom stereocenters. The van der Waals surface area contributed by atoms with Crippen LogP contribution in [0.5, 0.6) is 0 Å². The summed E-state index contributed by atoms with van der Waals surface area (Å²) < 4.78 is 0. The number of nitrogens with one attached hydrogen (secondary N) is 2. The van der Waals surface area contributed by atoms with Gasteiger partial charge >= 0.3 is 6.03 Å². The second-order valence-electron chi connectivity index (χ2n) is 4.69. The van der Waals surface area contributed by atoms with Gasteiger partial charge in [-0.1, -0.05) is 18.2 Å². The Labute approximate surface area is 96.2 Å². The van der Waals surface area contributed by atoms with E-state index >= 15 is 0 Å². The molecule has 0 aliphatic rings. The van der Waals surface area contributed by atoms with Crippen LogP contribution in [-0.4, -0.2) is 11.6 Å². The molecule has 0 aliphatic heterocycles. The molecule has 1 rings (SSSR count). The summed E-state index contributed by atoms with van der Waals surface area (Å²) in [4.78, 5) is 11.6. The van der Waals surface area contributed by atoms with E-state index in [9.17, 15) is 4.79 Å². The number of urea groups is 1. The summed E-state index contributed by atoms with van der Waals surface area (Å²) >= 11 is 0. The minimum Gasteiger partial charge on any atom is -0.333 e. The Morgan fingerprint density at radius 2 is 1.94 bits per heavy atom. The van der Waals surface area contributed by atoms with Gasteiger partial charge in [0.05, 0.1) is 0 Å². The van der Waals surface area contributed by atoms with E-state index in [1.54, 1.807) is 0 Å². The third kappa shape index (κ3) is 3.90. The zero-order chi connectivity index (χ0) is 12.2. The summed E-state index contributed by atoms with van der Waals surface area (Å²) in [5.74, 6) is 0. The number of amides is 2. The van der Waals surface area contributed by atoms with Gasteiger partial charge in [0.25, 0.3) is 0 Å². The van der Waals surface area contributed by atoms with Crippen LogP contribution in [0.1, 0.15) is 26.3 Å². The maximum Gasteiger partial charge on any atom is 0.319 e. The molecular weight excluding hydrogens is 202 g/mol. The highest BCUT2D eigenvalue weighted by Gasteiger charge is 2.14. The molecule has 0 aromatic heterocycles. The fourth-order valence-corrected chi connectivity index (χ4v) is 1.31. The molecule has 0 bridgehead atoms. The first-order chi connectivity index (χ1) is 7.42. The molecule has 16 heavy (non-hydrogen) atoms. The van der Waals surface area contributed by atoms with Crippen LogP contribution in [0.4, 0.5) is 10.5 Å². The standard InChI is InChI=1S/C12H19N3O/c1-12(2,3)15-11(16)14-10-7-5-4-6-9(10)8-13/h4-7H,8,13H2,1-3H3,(H2,14,15,16). The van der Waals surface area contributed by atoms with Gasteiger partial charge in [-0.3, -0.25) is 0 Å². The number of anilines is 1. The molecule has 0 radical (unpaired) electrons. The normalized spacial score (nSPS) is 11.0. The van der Waals surface area contributed by atoms with Crippen LogP contribution in [0.15, 0.2) is 24.3 Å². The van der Waals surface area contributed by atoms with Gasteiger partial charge in [-0.25, -0.2) is 4.79 Å². The largest absolute Gasteiger partial charge is 0.333 e. The van der Waals surface area contributed by atoms with Crippen molar-refractivity contribution in [2.75, 3.05) is 5.32 Å². The average molecular weight is 221 g/mol. The van der Waals surface area contributed by atoms with Gasteiger partial charge in [-0.15, -0.1) is 0 Å². The van der Waals surface area contributed by atoms with E-state index in [2.05, 4.69) is 10.6 Å². The summed E-state index contributed by atoms with van der Waals surface area (Å²) in [5, 5.41) is 5.62. The summed E-state index contributed by atoms with van der Waals surface area (Å²) in [6.45, 7) is 6.20. The number of nitrogens with two attached hydrogens (primary N) is 1. The molecule has 4 heteroatoms. The van der Waals surface area contributed by atoms with E-state index in [0.29, 0.717) is 6.54 Å². The second-order valence-corrected chi connectivity index (χ2v) is 4.69. The topological polar surface area (TPSA) is 67.2 Å². The van der Waals surface area contributed by atoms with E-state index in [1.807, 2.05) is 45.0 Å². The van der Waals surface area contributed by atoms with Crippen molar-refractivity contribution in [3.63, 3.8) is 0 Å². The molecule has 0 fully saturated rings. The fraction of sp³-hybridized carbons (Fsp3) is 0.417. The van der Waals surface area contributed by atoms with Crippen LogP contribution in [0, 0.1) is 0 Å². The number of carbonyl (C=O) groups excluding carboxylic acids is 1. The molecule has 0 spiro atoms. The van der Waals surface area contributed by atoms with Gasteiger partial charge in [0.15, 0.2) is 0 Å². The minimum absolute atomic E-state index is 0.214. The number of para-hydroxylation sites is 1. The van der Waals surface area contributed by atoms with E-state index in [-0.39, 0.29) is 11.6 Å². The molecule has 4 N–H and O–H groups in total. The van der Waals surface area contributed by atoms with Crippen molar-refractivity contribution >= 4 is 11.7 Å². The van der Waals surface area contributed by atoms with Crippen molar-refractivity contribution in [1.29, 1.82) is 0 Å². The predicted octanol–water partition coefficient (Wildman–Crippen LogP) is 2.07. The monoisotopic (exact) mass is 221 g/mol. The van der Waals surface area contributed by atoms with E-state index in [1.165, 1.54) is 0 Å². The fourth-order valence-electron chi connectivity index (χ4n) is 1.31. The van der Waals surface area contributed by atoms with Gasteiger partial charge in [0, 0.05) is 17.8 Å². The minimum atomic E-state index is -0.248. The zero-order valence-corrected chi connectivity index (χ0v) is 10.0. The lowest BCUT2D eigenvalue weighted by Gasteiger charge is -2.21. The van der Waals surface area contributed by atoms with Crippen molar-refractivity contribution in [1.82, 2.24) is 5.32 Å². The average Bonchev–Trinajstić information content (AvgIpc) is 2.15. The number of hydrogen-bond acceptors (Lipinski definition) is 2. The summed E-state index contributed by atoms with van der Waals surface area (Å²) in [7, 11) is 0. The molecule has 1 aromatic rings. The summed E-state index contributed by atoms with van der Waals surface area (Å²) in [5.41, 5.74) is 7.01. The van der Waals surface area contributed by atoms with Gasteiger partial charge in [-0.2, -0.15) is 0 Å². The van der Waals surface area contributed by atoms with Crippen molar-refractivity contribution in [3.05, 3.63) is 29.8 Å². The summed E-state index contributed by atoms with van der Waals surface area (Å²) in [6, 6.07) is 7.28. The van der Waals surface area contributed by atoms with Crippen molar-refractivity contribution in [2.24, 2.45) is 5.73 Å². The van der Waals surface area contributed by atoms with Crippen molar-refractivity contribution in [2.45, 2.75) is 32.9 Å². The van der Waals surface area contributed by atoms with Crippen LogP contribution in [0.25, 0.3) is 0 Å². The van der Waals surface area contributed by atoms with E-state index in [0.717, 1.165) is 11.3 Å². The van der Waals surface area contributed by atoms with Crippen LogP contribution in [0.2, 0.25) is 0 Å². The molecule has 1 aromatic carbocycles. The maximum absolute atomic E-state index is 11.6. The first-order valence-corrected chi connectivity index (χ1v) is 5.29. The molecule has 0 saturated heterocycles. The van der Waals surface area contributed by atoms with E-state index < -0.39 is 0 Å². The van der Waals surface area contributed by atoms with Gasteiger partial charge in [0.1, 0.15) is 0 Å². The van der Waals surface area contributed by atoms with Gasteiger partial charge < -0.3 is 16.4 Å². The smallest absolute Gasteiger partial charge is 0.319 e. The van der Waals surface area contributed by atoms with Crippen LogP contribution < -0.4 is 16.4 Å². The third-order valence-electron chi connectivity index (χ3n) is 1.97. The zero-order valence-electron chi connectivity index (χ0n) is 10.0. The highest BCUT2D eigenvalue weighted by Crippen LogP contribution is 2.14. The Bertz CT molecular complexity index is 369. The first-order valence-electron chi connectivity index (χ1n) is 5.29. The summed E-state index contributed by atoms with van der Waals surface area (Å²) in [6.07, 6.45) is 0. The molecule has 0 aliphatic carbocycles. The van der Waals surface area contributed by atoms with Crippen LogP contribution in [0.3, 0.4) is 0 Å². The molecule has 4 nitrogen and oxygen atoms in total. The highest BCUT2D eigenvalue weighted by molar-refractivity contribution is 5.90. The predicted molar refractivity (Wildman–Crippen MR) is 66.2 cm³/mol. The lowest BCUT2D eigenvalue weighted by Crippen LogP contribution is -2.43. The number of benzene rings is 1. The first kappa shape index (κ1) is 12.5. The molecular formula is C12H19N3O. The number of hydrogen-bond donors (Lipinski definition) is 3. The molecule has 2 amide bonds. The highest BCUT2D eigenvalue weighted by atomic mass is 16.2. The van der Waals surface area contributed by atoms with Crippen molar-refractivity contribution < 1.29 is 4.79 Å². The Balaban J connectivity index is 2.70.